The van der Waals surface area contributed by atoms with E-state index in [0.29, 0.717) is 11.8 Å². The Morgan fingerprint density at radius 2 is 2.33 bits per heavy atom. The summed E-state index contributed by atoms with van der Waals surface area (Å²) in [6.45, 7) is 0. The molecule has 0 saturated carbocycles. The molecular weight excluding hydrogens is 234 g/mol. The molecule has 0 aliphatic heterocycles. The number of rotatable bonds is 3. The van der Waals surface area contributed by atoms with Crippen LogP contribution in [0.2, 0.25) is 0 Å². The van der Waals surface area contributed by atoms with Crippen molar-refractivity contribution >= 4 is 0 Å². The lowest BCUT2D eigenvalue weighted by atomic mass is 10.1. The third-order valence-corrected chi connectivity index (χ3v) is 2.40. The van der Waals surface area contributed by atoms with Crippen molar-refractivity contribution in [2.24, 2.45) is 0 Å². The predicted octanol–water partition coefficient (Wildman–Crippen LogP) is 0.456. The molecular formula is C10H9N7O. The Morgan fingerprint density at radius 1 is 1.39 bits per heavy atom. The van der Waals surface area contributed by atoms with Crippen LogP contribution in [0.15, 0.2) is 30.7 Å². The maximum absolute atomic E-state index is 5.20. The summed E-state index contributed by atoms with van der Waals surface area (Å²) in [6, 6.07) is 3.74. The zero-order valence-electron chi connectivity index (χ0n) is 9.48. The lowest BCUT2D eigenvalue weighted by molar-refractivity contribution is 0.399. The standard InChI is InChI=1S/C10H9N7O/c1-18-9-8(3-2-4-11-9)7-5-12-17(6-7)10-13-15-16-14-10/h2-6H,1H3,(H,13,14,15,16). The average Bonchev–Trinajstić information content (AvgIpc) is 3.09. The Hall–Kier alpha value is -2.77. The van der Waals surface area contributed by atoms with E-state index in [1.165, 1.54) is 4.68 Å². The number of tetrazole rings is 1. The lowest BCUT2D eigenvalue weighted by Gasteiger charge is -2.03. The highest BCUT2D eigenvalue weighted by atomic mass is 16.5. The van der Waals surface area contributed by atoms with E-state index in [2.05, 4.69) is 30.7 Å². The minimum Gasteiger partial charge on any atom is -0.481 e. The highest BCUT2D eigenvalue weighted by molar-refractivity contribution is 5.67. The molecule has 0 spiro atoms. The van der Waals surface area contributed by atoms with Gasteiger partial charge in [-0.05, 0) is 17.3 Å². The fourth-order valence-electron chi connectivity index (χ4n) is 1.60. The molecule has 0 atom stereocenters. The van der Waals surface area contributed by atoms with Crippen LogP contribution in [-0.4, -0.2) is 42.5 Å². The van der Waals surface area contributed by atoms with E-state index in [0.717, 1.165) is 11.1 Å². The highest BCUT2D eigenvalue weighted by Crippen LogP contribution is 2.27. The Labute approximate surface area is 102 Å². The first-order valence-electron chi connectivity index (χ1n) is 5.16. The molecule has 90 valence electrons. The fourth-order valence-corrected chi connectivity index (χ4v) is 1.60. The third-order valence-electron chi connectivity index (χ3n) is 2.40. The van der Waals surface area contributed by atoms with Crippen molar-refractivity contribution in [2.75, 3.05) is 7.11 Å². The first kappa shape index (κ1) is 10.4. The molecule has 3 aromatic heterocycles. The lowest BCUT2D eigenvalue weighted by Crippen LogP contribution is -1.96. The fraction of sp³-hybridized carbons (Fsp3) is 0.100. The average molecular weight is 243 g/mol. The van der Waals surface area contributed by atoms with Crippen molar-refractivity contribution in [3.8, 4) is 23.0 Å². The zero-order chi connectivity index (χ0) is 12.4. The highest BCUT2D eigenvalue weighted by Gasteiger charge is 2.10. The van der Waals surface area contributed by atoms with Crippen LogP contribution in [0.5, 0.6) is 5.88 Å². The van der Waals surface area contributed by atoms with E-state index in [-0.39, 0.29) is 0 Å². The number of pyridine rings is 1. The Morgan fingerprint density at radius 3 is 3.11 bits per heavy atom. The second-order valence-electron chi connectivity index (χ2n) is 3.45. The van der Waals surface area contributed by atoms with Crippen molar-refractivity contribution < 1.29 is 4.74 Å². The normalized spacial score (nSPS) is 10.5. The van der Waals surface area contributed by atoms with Gasteiger partial charge < -0.3 is 4.74 Å². The molecule has 18 heavy (non-hydrogen) atoms. The molecule has 1 N–H and O–H groups in total. The molecule has 8 heteroatoms. The van der Waals surface area contributed by atoms with Gasteiger partial charge in [-0.1, -0.05) is 5.10 Å². The molecule has 3 rings (SSSR count). The number of nitrogens with one attached hydrogen (secondary N) is 1. The van der Waals surface area contributed by atoms with Crippen molar-refractivity contribution in [1.29, 1.82) is 0 Å². The summed E-state index contributed by atoms with van der Waals surface area (Å²) in [4.78, 5) is 4.14. The number of aromatic amines is 1. The first-order valence-corrected chi connectivity index (χ1v) is 5.16. The second-order valence-corrected chi connectivity index (χ2v) is 3.45. The van der Waals surface area contributed by atoms with E-state index in [9.17, 15) is 0 Å². The largest absolute Gasteiger partial charge is 0.481 e. The molecule has 0 saturated heterocycles. The van der Waals surface area contributed by atoms with Crippen LogP contribution in [0.3, 0.4) is 0 Å². The number of hydrogen-bond donors (Lipinski definition) is 1. The topological polar surface area (TPSA) is 94.4 Å². The van der Waals surface area contributed by atoms with Gasteiger partial charge in [0.05, 0.1) is 13.3 Å². The summed E-state index contributed by atoms with van der Waals surface area (Å²) in [5, 5.41) is 17.7. The van der Waals surface area contributed by atoms with Gasteiger partial charge >= 0.3 is 0 Å². The van der Waals surface area contributed by atoms with Gasteiger partial charge in [-0.15, -0.1) is 5.10 Å². The Kier molecular flexibility index (Phi) is 2.45. The predicted molar refractivity (Wildman–Crippen MR) is 61.1 cm³/mol. The van der Waals surface area contributed by atoms with Gasteiger partial charge in [0.1, 0.15) is 0 Å². The number of H-pyrrole nitrogens is 1. The van der Waals surface area contributed by atoms with Crippen LogP contribution >= 0.6 is 0 Å². The van der Waals surface area contributed by atoms with E-state index in [4.69, 9.17) is 4.74 Å². The van der Waals surface area contributed by atoms with Crippen LogP contribution in [0, 0.1) is 0 Å². The van der Waals surface area contributed by atoms with Gasteiger partial charge in [-0.2, -0.15) is 10.3 Å². The zero-order valence-corrected chi connectivity index (χ0v) is 9.48. The summed E-state index contributed by atoms with van der Waals surface area (Å²) < 4.78 is 6.72. The number of ether oxygens (including phenoxy) is 1. The number of aromatic nitrogens is 7. The van der Waals surface area contributed by atoms with E-state index in [1.54, 1.807) is 25.7 Å². The molecule has 0 aliphatic rings. The summed E-state index contributed by atoms with van der Waals surface area (Å²) >= 11 is 0. The van der Waals surface area contributed by atoms with Crippen LogP contribution in [-0.2, 0) is 0 Å². The Balaban J connectivity index is 2.03. The maximum atomic E-state index is 5.20. The van der Waals surface area contributed by atoms with Crippen LogP contribution in [0.25, 0.3) is 17.1 Å². The number of nitrogens with zero attached hydrogens (tertiary/aromatic N) is 6. The van der Waals surface area contributed by atoms with Gasteiger partial charge in [-0.3, -0.25) is 0 Å². The van der Waals surface area contributed by atoms with E-state index >= 15 is 0 Å². The van der Waals surface area contributed by atoms with Crippen molar-refractivity contribution in [2.45, 2.75) is 0 Å². The summed E-state index contributed by atoms with van der Waals surface area (Å²) in [5.41, 5.74) is 1.72. The van der Waals surface area contributed by atoms with Gasteiger partial charge in [0.2, 0.25) is 5.88 Å². The van der Waals surface area contributed by atoms with Crippen molar-refractivity contribution in [3.63, 3.8) is 0 Å². The van der Waals surface area contributed by atoms with E-state index in [1.807, 2.05) is 12.1 Å². The Bertz CT molecular complexity index is 646. The molecule has 0 amide bonds. The summed E-state index contributed by atoms with van der Waals surface area (Å²) in [5.74, 6) is 0.925. The monoisotopic (exact) mass is 243 g/mol. The summed E-state index contributed by atoms with van der Waals surface area (Å²) in [6.07, 6.45) is 5.15. The van der Waals surface area contributed by atoms with Gasteiger partial charge in [-0.25, -0.2) is 9.67 Å². The van der Waals surface area contributed by atoms with Gasteiger partial charge in [0.15, 0.2) is 0 Å². The minimum absolute atomic E-state index is 0.379. The number of hydrogen-bond acceptors (Lipinski definition) is 6. The maximum Gasteiger partial charge on any atom is 0.290 e. The molecule has 0 aromatic carbocycles. The first-order chi connectivity index (χ1) is 8.88. The van der Waals surface area contributed by atoms with Crippen LogP contribution < -0.4 is 4.74 Å². The van der Waals surface area contributed by atoms with Crippen molar-refractivity contribution in [3.05, 3.63) is 30.7 Å². The molecule has 3 heterocycles. The summed E-state index contributed by atoms with van der Waals surface area (Å²) in [7, 11) is 1.58. The molecule has 0 aliphatic carbocycles. The van der Waals surface area contributed by atoms with E-state index < -0.39 is 0 Å². The SMILES string of the molecule is COc1ncccc1-c1cnn(-c2nn[nH]n2)c1. The van der Waals surface area contributed by atoms with Gasteiger partial charge in [0, 0.05) is 23.5 Å². The number of methoxy groups -OCH3 is 1. The van der Waals surface area contributed by atoms with Crippen LogP contribution in [0.4, 0.5) is 0 Å². The third kappa shape index (κ3) is 1.69. The molecule has 3 aromatic rings. The second kappa shape index (κ2) is 4.24. The molecule has 0 bridgehead atoms. The quantitative estimate of drug-likeness (QED) is 0.718. The molecule has 0 unspecified atom stereocenters. The minimum atomic E-state index is 0.379. The van der Waals surface area contributed by atoms with Crippen molar-refractivity contribution in [1.82, 2.24) is 35.4 Å². The van der Waals surface area contributed by atoms with Crippen LogP contribution in [0.1, 0.15) is 0 Å². The molecule has 0 fully saturated rings. The molecule has 0 radical (unpaired) electrons. The van der Waals surface area contributed by atoms with Gasteiger partial charge in [0.25, 0.3) is 5.95 Å². The molecule has 8 nitrogen and oxygen atoms in total. The smallest absolute Gasteiger partial charge is 0.290 e.